The monoisotopic (exact) mass is 313 g/mol. The van der Waals surface area contributed by atoms with E-state index >= 15 is 0 Å². The van der Waals surface area contributed by atoms with Crippen molar-refractivity contribution in [1.82, 2.24) is 9.55 Å². The summed E-state index contributed by atoms with van der Waals surface area (Å²) < 4.78 is 1.72. The molecule has 3 aromatic rings. The first kappa shape index (κ1) is 14.9. The Morgan fingerprint density at radius 2 is 1.95 bits per heavy atom. The van der Waals surface area contributed by atoms with Gasteiger partial charge in [-0.25, -0.2) is 4.98 Å². The molecule has 0 aliphatic heterocycles. The van der Waals surface area contributed by atoms with E-state index in [1.807, 2.05) is 55.6 Å². The molecule has 0 spiro atoms. The fourth-order valence-electron chi connectivity index (χ4n) is 2.44. The van der Waals surface area contributed by atoms with Crippen LogP contribution < -0.4 is 11.3 Å². The lowest BCUT2D eigenvalue weighted by Gasteiger charge is -2.20. The minimum Gasteiger partial charge on any atom is -0.321 e. The minimum absolute atomic E-state index is 0.0128. The highest BCUT2D eigenvalue weighted by atomic mass is 32.1. The Kier molecular flexibility index (Phi) is 4.09. The van der Waals surface area contributed by atoms with Crippen LogP contribution in [0.25, 0.3) is 10.2 Å². The van der Waals surface area contributed by atoms with Gasteiger partial charge in [0.1, 0.15) is 10.7 Å². The van der Waals surface area contributed by atoms with Crippen molar-refractivity contribution in [3.8, 4) is 0 Å². The van der Waals surface area contributed by atoms with E-state index in [2.05, 4.69) is 4.98 Å². The maximum absolute atomic E-state index is 12.8. The first-order valence-electron chi connectivity index (χ1n) is 7.35. The Bertz CT molecular complexity index is 836. The van der Waals surface area contributed by atoms with E-state index in [9.17, 15) is 4.79 Å². The summed E-state index contributed by atoms with van der Waals surface area (Å²) in [5, 5.41) is 2.57. The Morgan fingerprint density at radius 1 is 1.23 bits per heavy atom. The van der Waals surface area contributed by atoms with Crippen LogP contribution in [-0.2, 0) is 6.54 Å². The van der Waals surface area contributed by atoms with Crippen molar-refractivity contribution >= 4 is 21.6 Å². The van der Waals surface area contributed by atoms with E-state index in [0.29, 0.717) is 17.8 Å². The molecule has 2 N–H and O–H groups in total. The van der Waals surface area contributed by atoms with Gasteiger partial charge in [0.15, 0.2) is 0 Å². The second kappa shape index (κ2) is 6.02. The number of hydrogen-bond donors (Lipinski definition) is 1. The molecule has 2 heterocycles. The Balaban J connectivity index is 2.18. The van der Waals surface area contributed by atoms with Gasteiger partial charge in [-0.1, -0.05) is 44.2 Å². The second-order valence-corrected chi connectivity index (χ2v) is 6.65. The summed E-state index contributed by atoms with van der Waals surface area (Å²) >= 11 is 1.48. The molecule has 0 aliphatic carbocycles. The van der Waals surface area contributed by atoms with Crippen molar-refractivity contribution in [2.75, 3.05) is 0 Å². The third-order valence-electron chi connectivity index (χ3n) is 3.81. The standard InChI is InChI=1S/C17H19N3OS/c1-11(2)14(18)15-19-16-13(8-9-22-16)17(21)20(15)10-12-6-4-3-5-7-12/h3-9,11,14H,10,18H2,1-2H3/t14-/m0/s1. The fourth-order valence-corrected chi connectivity index (χ4v) is 3.20. The lowest BCUT2D eigenvalue weighted by molar-refractivity contribution is 0.464. The van der Waals surface area contributed by atoms with E-state index < -0.39 is 0 Å². The van der Waals surface area contributed by atoms with E-state index in [4.69, 9.17) is 5.73 Å². The molecule has 0 amide bonds. The zero-order chi connectivity index (χ0) is 15.7. The summed E-state index contributed by atoms with van der Waals surface area (Å²) in [5.74, 6) is 0.880. The number of nitrogens with zero attached hydrogens (tertiary/aromatic N) is 2. The SMILES string of the molecule is CC(C)[C@H](N)c1nc2sccc2c(=O)n1Cc1ccccc1. The first-order chi connectivity index (χ1) is 10.6. The van der Waals surface area contributed by atoms with Gasteiger partial charge in [-0.2, -0.15) is 0 Å². The lowest BCUT2D eigenvalue weighted by atomic mass is 10.0. The van der Waals surface area contributed by atoms with Crippen molar-refractivity contribution in [2.45, 2.75) is 26.4 Å². The first-order valence-corrected chi connectivity index (χ1v) is 8.23. The zero-order valence-corrected chi connectivity index (χ0v) is 13.5. The highest BCUT2D eigenvalue weighted by Gasteiger charge is 2.20. The molecule has 2 aromatic heterocycles. The molecule has 22 heavy (non-hydrogen) atoms. The quantitative estimate of drug-likeness (QED) is 0.805. The second-order valence-electron chi connectivity index (χ2n) is 5.76. The summed E-state index contributed by atoms with van der Waals surface area (Å²) in [6.07, 6.45) is 0. The van der Waals surface area contributed by atoms with E-state index in [1.54, 1.807) is 4.57 Å². The highest BCUT2D eigenvalue weighted by molar-refractivity contribution is 7.16. The third kappa shape index (κ3) is 2.69. The van der Waals surface area contributed by atoms with Crippen LogP contribution in [0.1, 0.15) is 31.3 Å². The van der Waals surface area contributed by atoms with Gasteiger partial charge in [0, 0.05) is 0 Å². The lowest BCUT2D eigenvalue weighted by Crippen LogP contribution is -2.31. The van der Waals surface area contributed by atoms with Crippen LogP contribution >= 0.6 is 11.3 Å². The molecule has 4 nitrogen and oxygen atoms in total. The van der Waals surface area contributed by atoms with Crippen LogP contribution in [0.15, 0.2) is 46.6 Å². The minimum atomic E-state index is -0.261. The predicted octanol–water partition coefficient (Wildman–Crippen LogP) is 3.16. The molecule has 0 unspecified atom stereocenters. The van der Waals surface area contributed by atoms with Gasteiger partial charge in [-0.15, -0.1) is 11.3 Å². The van der Waals surface area contributed by atoms with Gasteiger partial charge < -0.3 is 5.73 Å². The molecule has 0 saturated heterocycles. The van der Waals surface area contributed by atoms with Crippen LogP contribution in [0, 0.1) is 5.92 Å². The van der Waals surface area contributed by atoms with Gasteiger partial charge >= 0.3 is 0 Å². The molecule has 0 bridgehead atoms. The number of fused-ring (bicyclic) bond motifs is 1. The normalized spacial score (nSPS) is 12.9. The summed E-state index contributed by atoms with van der Waals surface area (Å²) in [5.41, 5.74) is 7.36. The average molecular weight is 313 g/mol. The summed E-state index contributed by atoms with van der Waals surface area (Å²) in [6, 6.07) is 11.5. The number of aromatic nitrogens is 2. The third-order valence-corrected chi connectivity index (χ3v) is 4.62. The number of thiophene rings is 1. The van der Waals surface area contributed by atoms with Crippen LogP contribution in [0.3, 0.4) is 0 Å². The maximum atomic E-state index is 12.8. The molecule has 0 radical (unpaired) electrons. The van der Waals surface area contributed by atoms with Crippen LogP contribution in [0.4, 0.5) is 0 Å². The van der Waals surface area contributed by atoms with Gasteiger partial charge in [-0.3, -0.25) is 9.36 Å². The van der Waals surface area contributed by atoms with Crippen molar-refractivity contribution < 1.29 is 0 Å². The summed E-state index contributed by atoms with van der Waals surface area (Å²) in [4.78, 5) is 18.2. The molecule has 3 rings (SSSR count). The molecular weight excluding hydrogens is 294 g/mol. The van der Waals surface area contributed by atoms with Crippen LogP contribution in [0.5, 0.6) is 0 Å². The van der Waals surface area contributed by atoms with Gasteiger partial charge in [0.25, 0.3) is 5.56 Å². The smallest absolute Gasteiger partial charge is 0.262 e. The Labute approximate surface area is 133 Å². The molecule has 114 valence electrons. The molecule has 0 fully saturated rings. The topological polar surface area (TPSA) is 60.9 Å². The predicted molar refractivity (Wildman–Crippen MR) is 91.2 cm³/mol. The van der Waals surface area contributed by atoms with E-state index in [-0.39, 0.29) is 17.5 Å². The number of hydrogen-bond acceptors (Lipinski definition) is 4. The largest absolute Gasteiger partial charge is 0.321 e. The highest BCUT2D eigenvalue weighted by Crippen LogP contribution is 2.22. The van der Waals surface area contributed by atoms with Crippen LogP contribution in [-0.4, -0.2) is 9.55 Å². The van der Waals surface area contributed by atoms with Crippen molar-refractivity contribution in [3.63, 3.8) is 0 Å². The Morgan fingerprint density at radius 3 is 2.64 bits per heavy atom. The van der Waals surface area contributed by atoms with Gasteiger partial charge in [-0.05, 0) is 22.9 Å². The van der Waals surface area contributed by atoms with Crippen molar-refractivity contribution in [1.29, 1.82) is 0 Å². The molecule has 5 heteroatoms. The number of nitrogens with two attached hydrogens (primary N) is 1. The molecule has 0 aliphatic rings. The average Bonchev–Trinajstić information content (AvgIpc) is 2.99. The van der Waals surface area contributed by atoms with E-state index in [1.165, 1.54) is 11.3 Å². The van der Waals surface area contributed by atoms with Gasteiger partial charge in [0.2, 0.25) is 0 Å². The summed E-state index contributed by atoms with van der Waals surface area (Å²) in [6.45, 7) is 4.58. The fraction of sp³-hybridized carbons (Fsp3) is 0.294. The zero-order valence-electron chi connectivity index (χ0n) is 12.7. The van der Waals surface area contributed by atoms with Gasteiger partial charge in [0.05, 0.1) is 18.0 Å². The number of benzene rings is 1. The number of rotatable bonds is 4. The molecular formula is C17H19N3OS. The summed E-state index contributed by atoms with van der Waals surface area (Å²) in [7, 11) is 0. The molecule has 1 atom stereocenters. The Hall–Kier alpha value is -1.98. The van der Waals surface area contributed by atoms with Crippen molar-refractivity contribution in [3.05, 3.63) is 63.5 Å². The van der Waals surface area contributed by atoms with Crippen molar-refractivity contribution in [2.24, 2.45) is 11.7 Å². The molecule has 0 saturated carbocycles. The molecule has 1 aromatic carbocycles. The van der Waals surface area contributed by atoms with Crippen LogP contribution in [0.2, 0.25) is 0 Å². The van der Waals surface area contributed by atoms with E-state index in [0.717, 1.165) is 10.4 Å². The maximum Gasteiger partial charge on any atom is 0.262 e.